The minimum atomic E-state index is -0.581. The third-order valence-corrected chi connectivity index (χ3v) is 2.88. The number of carbonyl (C=O) groups is 1. The van der Waals surface area contributed by atoms with Crippen LogP contribution in [0.25, 0.3) is 0 Å². The quantitative estimate of drug-likeness (QED) is 0.627. The summed E-state index contributed by atoms with van der Waals surface area (Å²) in [5.74, 6) is -0.499. The molecule has 0 aliphatic rings. The van der Waals surface area contributed by atoms with Crippen molar-refractivity contribution in [2.24, 2.45) is 0 Å². The molecule has 0 saturated carbocycles. The van der Waals surface area contributed by atoms with Crippen molar-refractivity contribution in [1.29, 1.82) is 0 Å². The minimum absolute atomic E-state index is 0.0398. The molecular weight excluding hydrogens is 274 g/mol. The number of hydrogen-bond donors (Lipinski definition) is 1. The molecule has 8 nitrogen and oxygen atoms in total. The number of carbonyl (C=O) groups excluding carboxylic acids is 1. The molecule has 0 aliphatic heterocycles. The summed E-state index contributed by atoms with van der Waals surface area (Å²) in [6, 6.07) is 6.93. The van der Waals surface area contributed by atoms with Crippen LogP contribution in [0.5, 0.6) is 0 Å². The van der Waals surface area contributed by atoms with E-state index in [4.69, 9.17) is 0 Å². The van der Waals surface area contributed by atoms with Crippen molar-refractivity contribution in [1.82, 2.24) is 20.1 Å². The van der Waals surface area contributed by atoms with Crippen LogP contribution in [0.15, 0.2) is 30.5 Å². The first-order chi connectivity index (χ1) is 10.1. The van der Waals surface area contributed by atoms with Crippen molar-refractivity contribution in [3.63, 3.8) is 0 Å². The van der Waals surface area contributed by atoms with Crippen molar-refractivity contribution in [2.75, 3.05) is 6.54 Å². The van der Waals surface area contributed by atoms with Gasteiger partial charge < -0.3 is 15.4 Å². The molecule has 0 aliphatic carbocycles. The van der Waals surface area contributed by atoms with E-state index in [1.165, 1.54) is 10.7 Å². The zero-order chi connectivity index (χ0) is 15.2. The molecule has 0 spiro atoms. The van der Waals surface area contributed by atoms with Crippen molar-refractivity contribution in [3.8, 4) is 0 Å². The van der Waals surface area contributed by atoms with Crippen LogP contribution < -0.4 is 5.32 Å². The molecule has 0 saturated heterocycles. The number of rotatable bonds is 6. The fourth-order valence-electron chi connectivity index (χ4n) is 1.81. The van der Waals surface area contributed by atoms with Crippen molar-refractivity contribution < 1.29 is 9.72 Å². The maximum Gasteiger partial charge on any atom is 0.390 e. The lowest BCUT2D eigenvalue weighted by atomic mass is 10.3. The Morgan fingerprint density at radius 2 is 2.29 bits per heavy atom. The number of hydrogen-bond acceptors (Lipinski definition) is 5. The molecule has 2 rings (SSSR count). The van der Waals surface area contributed by atoms with E-state index in [-0.39, 0.29) is 18.3 Å². The van der Waals surface area contributed by atoms with Crippen molar-refractivity contribution in [2.45, 2.75) is 19.9 Å². The maximum absolute atomic E-state index is 11.8. The molecular formula is C13H15N5O3. The molecule has 0 aromatic carbocycles. The summed E-state index contributed by atoms with van der Waals surface area (Å²) in [4.78, 5) is 25.9. The Kier molecular flexibility index (Phi) is 4.60. The predicted molar refractivity (Wildman–Crippen MR) is 74.6 cm³/mol. The molecule has 110 valence electrons. The first-order valence-corrected chi connectivity index (χ1v) is 6.41. The molecule has 2 aromatic rings. The van der Waals surface area contributed by atoms with E-state index in [0.29, 0.717) is 18.7 Å². The van der Waals surface area contributed by atoms with E-state index in [1.54, 1.807) is 13.1 Å². The van der Waals surface area contributed by atoms with Crippen LogP contribution in [0.1, 0.15) is 11.4 Å². The smallest absolute Gasteiger partial charge is 0.358 e. The van der Waals surface area contributed by atoms with E-state index in [0.717, 1.165) is 5.69 Å². The molecule has 0 bridgehead atoms. The second-order valence-electron chi connectivity index (χ2n) is 4.48. The average Bonchev–Trinajstić information content (AvgIpc) is 2.81. The lowest BCUT2D eigenvalue weighted by molar-refractivity contribution is -0.389. The molecule has 2 aromatic heterocycles. The lowest BCUT2D eigenvalue weighted by Crippen LogP contribution is -2.30. The Hall–Kier alpha value is -2.77. The standard InChI is InChI=1S/C13H15N5O3/c1-10-8-12(18(20)21)16-17(10)9-13(19)15-7-5-11-4-2-3-6-14-11/h2-4,6,8H,5,7,9H2,1H3,(H,15,19). The number of nitrogens with one attached hydrogen (secondary N) is 1. The highest BCUT2D eigenvalue weighted by Crippen LogP contribution is 2.10. The molecule has 0 radical (unpaired) electrons. The first kappa shape index (κ1) is 14.6. The third kappa shape index (κ3) is 4.10. The predicted octanol–water partition coefficient (Wildman–Crippen LogP) is 0.854. The summed E-state index contributed by atoms with van der Waals surface area (Å²) in [7, 11) is 0. The highest BCUT2D eigenvalue weighted by atomic mass is 16.6. The summed E-state index contributed by atoms with van der Waals surface area (Å²) in [5.41, 5.74) is 1.46. The summed E-state index contributed by atoms with van der Waals surface area (Å²) < 4.78 is 1.31. The van der Waals surface area contributed by atoms with Crippen molar-refractivity contribution in [3.05, 3.63) is 52.0 Å². The fraction of sp³-hybridized carbons (Fsp3) is 0.308. The highest BCUT2D eigenvalue weighted by molar-refractivity contribution is 5.75. The molecule has 0 atom stereocenters. The van der Waals surface area contributed by atoms with Crippen LogP contribution in [0, 0.1) is 17.0 Å². The number of nitrogens with zero attached hydrogens (tertiary/aromatic N) is 4. The van der Waals surface area contributed by atoms with Crippen LogP contribution in [-0.2, 0) is 17.8 Å². The molecule has 0 fully saturated rings. The summed E-state index contributed by atoms with van der Waals surface area (Å²) in [6.45, 7) is 2.08. The second kappa shape index (κ2) is 6.60. The molecule has 1 amide bonds. The zero-order valence-corrected chi connectivity index (χ0v) is 11.5. The van der Waals surface area contributed by atoms with Gasteiger partial charge in [-0.2, -0.15) is 4.68 Å². The molecule has 2 heterocycles. The van der Waals surface area contributed by atoms with Crippen molar-refractivity contribution >= 4 is 11.7 Å². The van der Waals surface area contributed by atoms with Gasteiger partial charge >= 0.3 is 5.82 Å². The maximum atomic E-state index is 11.8. The van der Waals surface area contributed by atoms with Crippen LogP contribution in [0.3, 0.4) is 0 Å². The third-order valence-electron chi connectivity index (χ3n) is 2.88. The van der Waals surface area contributed by atoms with Gasteiger partial charge in [0.1, 0.15) is 6.54 Å². The first-order valence-electron chi connectivity index (χ1n) is 6.41. The normalized spacial score (nSPS) is 10.3. The Morgan fingerprint density at radius 3 is 2.90 bits per heavy atom. The number of aryl methyl sites for hydroxylation is 1. The number of nitro groups is 1. The molecule has 1 N–H and O–H groups in total. The van der Waals surface area contributed by atoms with E-state index in [9.17, 15) is 14.9 Å². The number of amides is 1. The SMILES string of the molecule is Cc1cc([N+](=O)[O-])nn1CC(=O)NCCc1ccccn1. The van der Waals surface area contributed by atoms with Crippen LogP contribution >= 0.6 is 0 Å². The minimum Gasteiger partial charge on any atom is -0.358 e. The molecule has 21 heavy (non-hydrogen) atoms. The average molecular weight is 289 g/mol. The van der Waals surface area contributed by atoms with E-state index >= 15 is 0 Å². The van der Waals surface area contributed by atoms with E-state index in [2.05, 4.69) is 15.4 Å². The van der Waals surface area contributed by atoms with Crippen LogP contribution in [-0.4, -0.2) is 32.1 Å². The molecule has 0 unspecified atom stereocenters. The van der Waals surface area contributed by atoms with Gasteiger partial charge in [-0.25, -0.2) is 0 Å². The van der Waals surface area contributed by atoms with Gasteiger partial charge in [-0.3, -0.25) is 9.78 Å². The van der Waals surface area contributed by atoms with E-state index < -0.39 is 4.92 Å². The highest BCUT2D eigenvalue weighted by Gasteiger charge is 2.17. The van der Waals surface area contributed by atoms with Gasteiger partial charge in [-0.15, -0.1) is 0 Å². The summed E-state index contributed by atoms with van der Waals surface area (Å²) in [6.07, 6.45) is 2.33. The molecule has 8 heteroatoms. The topological polar surface area (TPSA) is 103 Å². The Balaban J connectivity index is 1.83. The van der Waals surface area contributed by atoms with Gasteiger partial charge in [0.2, 0.25) is 5.91 Å². The van der Waals surface area contributed by atoms with Gasteiger partial charge in [0.25, 0.3) is 0 Å². The van der Waals surface area contributed by atoms with Gasteiger partial charge in [0, 0.05) is 24.9 Å². The zero-order valence-electron chi connectivity index (χ0n) is 11.5. The van der Waals surface area contributed by atoms with Gasteiger partial charge in [-0.1, -0.05) is 6.07 Å². The Bertz CT molecular complexity index is 639. The number of pyridine rings is 1. The van der Waals surface area contributed by atoms with Gasteiger partial charge in [0.05, 0.1) is 16.9 Å². The second-order valence-corrected chi connectivity index (χ2v) is 4.48. The summed E-state index contributed by atoms with van der Waals surface area (Å²) in [5, 5.41) is 17.1. The summed E-state index contributed by atoms with van der Waals surface area (Å²) >= 11 is 0. The van der Waals surface area contributed by atoms with Gasteiger partial charge in [0.15, 0.2) is 0 Å². The fourth-order valence-corrected chi connectivity index (χ4v) is 1.81. The Labute approximate surface area is 121 Å². The Morgan fingerprint density at radius 1 is 1.48 bits per heavy atom. The number of aromatic nitrogens is 3. The van der Waals surface area contributed by atoms with Crippen LogP contribution in [0.2, 0.25) is 0 Å². The van der Waals surface area contributed by atoms with Gasteiger partial charge in [-0.05, 0) is 24.0 Å². The van der Waals surface area contributed by atoms with Crippen LogP contribution in [0.4, 0.5) is 5.82 Å². The van der Waals surface area contributed by atoms with E-state index in [1.807, 2.05) is 18.2 Å². The monoisotopic (exact) mass is 289 g/mol. The largest absolute Gasteiger partial charge is 0.390 e. The lowest BCUT2D eigenvalue weighted by Gasteiger charge is -2.04.